The maximum absolute atomic E-state index is 13.0. The van der Waals surface area contributed by atoms with Crippen molar-refractivity contribution >= 4 is 94.8 Å². The van der Waals surface area contributed by atoms with Crippen LogP contribution in [0, 0.1) is 11.8 Å². The number of amides is 1. The number of aromatic nitrogens is 8. The van der Waals surface area contributed by atoms with E-state index in [2.05, 4.69) is 40.8 Å². The maximum atomic E-state index is 13.0. The molecule has 8 aromatic heterocycles. The number of pyridine rings is 2. The standard InChI is InChI=1S/C23H22N6O2S.C18H15N5O2S/c30-17-5-8-28(9-6-17)23(31)14-1-2-18-19(11-14)32-22-20(18)21(24-13-25-22)27-15-4-10-29-16(12-15)3-7-26-29;24-18(25)10-1-2-13-14(7-10)26-17-15(13)16(19-9-20-17)22-11-4-6-23-12(8-11)3-5-21-23/h3-4,7,10,12-14H,1-2,5-6,8-9,11H2,(H,24,25,27);3-6,8-10H,1-2,7H2,(H,24,25)(H,19,20,22)/t14-;10-/m00/s1. The first-order chi connectivity index (χ1) is 28.3. The molecule has 0 bridgehead atoms. The lowest BCUT2D eigenvalue weighted by Crippen LogP contribution is -2.43. The summed E-state index contributed by atoms with van der Waals surface area (Å²) >= 11 is 3.25. The number of aliphatic carboxylic acids is 1. The minimum atomic E-state index is -0.716. The maximum Gasteiger partial charge on any atom is 0.306 e. The Morgan fingerprint density at radius 2 is 1.21 bits per heavy atom. The molecule has 15 nitrogen and oxygen atoms in total. The third-order valence-electron chi connectivity index (χ3n) is 11.3. The highest BCUT2D eigenvalue weighted by Gasteiger charge is 2.33. The van der Waals surface area contributed by atoms with Crippen LogP contribution in [0.3, 0.4) is 0 Å². The van der Waals surface area contributed by atoms with Gasteiger partial charge < -0.3 is 20.6 Å². The highest BCUT2D eigenvalue weighted by atomic mass is 32.1. The van der Waals surface area contributed by atoms with Gasteiger partial charge in [-0.3, -0.25) is 14.4 Å². The summed E-state index contributed by atoms with van der Waals surface area (Å²) < 4.78 is 3.63. The number of piperidine rings is 1. The van der Waals surface area contributed by atoms with Crippen LogP contribution in [0.5, 0.6) is 0 Å². The van der Waals surface area contributed by atoms with Crippen LogP contribution in [-0.2, 0) is 40.1 Å². The van der Waals surface area contributed by atoms with Crippen molar-refractivity contribution in [3.8, 4) is 0 Å². The second kappa shape index (κ2) is 14.9. The molecular weight excluding hydrogens is 775 g/mol. The lowest BCUT2D eigenvalue weighted by Gasteiger charge is -2.31. The van der Waals surface area contributed by atoms with E-state index in [4.69, 9.17) is 0 Å². The average molecular weight is 812 g/mol. The number of thiophene rings is 2. The molecule has 8 aromatic rings. The van der Waals surface area contributed by atoms with Crippen LogP contribution in [-0.4, -0.2) is 79.9 Å². The Hall–Kier alpha value is -6.33. The number of hydrogen-bond donors (Lipinski definition) is 3. The first-order valence-corrected chi connectivity index (χ1v) is 20.9. The van der Waals surface area contributed by atoms with E-state index >= 15 is 0 Å². The number of ketones is 1. The molecule has 0 saturated carbocycles. The van der Waals surface area contributed by atoms with Gasteiger partial charge in [-0.15, -0.1) is 22.7 Å². The first-order valence-electron chi connectivity index (χ1n) is 19.3. The number of anilines is 4. The summed E-state index contributed by atoms with van der Waals surface area (Å²) in [5.41, 5.74) is 6.33. The fourth-order valence-electron chi connectivity index (χ4n) is 8.34. The number of hydrogen-bond acceptors (Lipinski definition) is 13. The van der Waals surface area contributed by atoms with E-state index in [1.807, 2.05) is 58.2 Å². The quantitative estimate of drug-likeness (QED) is 0.163. The summed E-state index contributed by atoms with van der Waals surface area (Å²) in [6.45, 7) is 1.13. The number of carboxylic acid groups (broad SMARTS) is 1. The summed E-state index contributed by atoms with van der Waals surface area (Å²) in [4.78, 5) is 59.9. The Balaban J connectivity index is 0.000000144. The van der Waals surface area contributed by atoms with E-state index in [-0.39, 0.29) is 23.5 Å². The SMILES string of the molecule is O=C(O)[C@H]1CCc2c(sc3ncnc(Nc4ccn5nccc5c4)c23)C1.O=C1CCN(C(=O)[C@H]2CCc3c(sc4ncnc(Nc5ccn6nccc6c5)c34)C2)CC1. The van der Waals surface area contributed by atoms with Gasteiger partial charge in [-0.05, 0) is 86.1 Å². The van der Waals surface area contributed by atoms with Crippen molar-refractivity contribution in [2.24, 2.45) is 11.8 Å². The van der Waals surface area contributed by atoms with Crippen molar-refractivity contribution in [3.05, 3.63) is 94.7 Å². The average Bonchev–Trinajstić information content (AvgIpc) is 4.05. The molecule has 1 amide bonds. The van der Waals surface area contributed by atoms with Gasteiger partial charge in [-0.2, -0.15) is 10.2 Å². The van der Waals surface area contributed by atoms with Crippen LogP contribution in [0.25, 0.3) is 31.5 Å². The molecule has 0 radical (unpaired) electrons. The van der Waals surface area contributed by atoms with Crippen LogP contribution in [0.4, 0.5) is 23.0 Å². The molecule has 0 spiro atoms. The van der Waals surface area contributed by atoms with Crippen molar-refractivity contribution in [2.45, 2.75) is 51.4 Å². The molecule has 3 N–H and O–H groups in total. The second-order valence-electron chi connectivity index (χ2n) is 14.9. The zero-order valence-corrected chi connectivity index (χ0v) is 32.8. The van der Waals surface area contributed by atoms with Crippen molar-refractivity contribution in [3.63, 3.8) is 0 Å². The molecule has 58 heavy (non-hydrogen) atoms. The lowest BCUT2D eigenvalue weighted by molar-refractivity contribution is -0.142. The number of carbonyl (C=O) groups excluding carboxylic acids is 2. The number of rotatable bonds is 6. The molecule has 11 rings (SSSR count). The molecule has 0 unspecified atom stereocenters. The summed E-state index contributed by atoms with van der Waals surface area (Å²) in [6, 6.07) is 11.9. The Morgan fingerprint density at radius 1 is 0.690 bits per heavy atom. The number of nitrogens with one attached hydrogen (secondary N) is 2. The van der Waals surface area contributed by atoms with Gasteiger partial charge in [-0.25, -0.2) is 29.0 Å². The normalized spacial score (nSPS) is 17.9. The molecule has 3 aliphatic rings. The van der Waals surface area contributed by atoms with Crippen LogP contribution in [0.2, 0.25) is 0 Å². The number of likely N-dealkylation sites (tertiary alicyclic amines) is 1. The number of carboxylic acids is 1. The Bertz CT molecular complexity index is 2890. The van der Waals surface area contributed by atoms with Crippen LogP contribution in [0.15, 0.2) is 73.8 Å². The molecule has 9 heterocycles. The van der Waals surface area contributed by atoms with E-state index in [9.17, 15) is 19.5 Å². The Labute approximate surface area is 338 Å². The van der Waals surface area contributed by atoms with Gasteiger partial charge >= 0.3 is 5.97 Å². The van der Waals surface area contributed by atoms with Crippen LogP contribution in [0.1, 0.15) is 46.6 Å². The summed E-state index contributed by atoms with van der Waals surface area (Å²) in [6.07, 6.45) is 15.8. The monoisotopic (exact) mass is 811 g/mol. The fraction of sp³-hybridized carbons (Fsp3) is 0.293. The molecular formula is C41H37N11O4S2. The highest BCUT2D eigenvalue weighted by molar-refractivity contribution is 7.19. The molecule has 1 saturated heterocycles. The van der Waals surface area contributed by atoms with E-state index < -0.39 is 5.97 Å². The molecule has 1 aliphatic heterocycles. The third kappa shape index (κ3) is 6.79. The largest absolute Gasteiger partial charge is 0.481 e. The van der Waals surface area contributed by atoms with E-state index in [0.29, 0.717) is 38.8 Å². The van der Waals surface area contributed by atoms with E-state index in [0.717, 1.165) is 85.0 Å². The molecule has 2 aliphatic carbocycles. The number of fused-ring (bicyclic) bond motifs is 8. The fourth-order valence-corrected chi connectivity index (χ4v) is 10.9. The zero-order chi connectivity index (χ0) is 39.3. The van der Waals surface area contributed by atoms with Gasteiger partial charge in [0.1, 0.15) is 39.7 Å². The number of carbonyl (C=O) groups is 3. The van der Waals surface area contributed by atoms with E-state index in [1.54, 1.807) is 52.2 Å². The first kappa shape index (κ1) is 36.0. The minimum Gasteiger partial charge on any atom is -0.481 e. The van der Waals surface area contributed by atoms with Crippen molar-refractivity contribution < 1.29 is 19.5 Å². The van der Waals surface area contributed by atoms with Crippen LogP contribution >= 0.6 is 22.7 Å². The van der Waals surface area contributed by atoms with Gasteiger partial charge in [0, 0.05) is 77.8 Å². The number of aryl methyl sites for hydroxylation is 2. The van der Waals surface area contributed by atoms with Gasteiger partial charge in [0.25, 0.3) is 0 Å². The van der Waals surface area contributed by atoms with Crippen molar-refractivity contribution in [1.82, 2.24) is 44.1 Å². The topological polar surface area (TPSA) is 185 Å². The molecule has 17 heteroatoms. The van der Waals surface area contributed by atoms with Gasteiger partial charge in [-0.1, -0.05) is 0 Å². The smallest absolute Gasteiger partial charge is 0.306 e. The van der Waals surface area contributed by atoms with Crippen molar-refractivity contribution in [1.29, 1.82) is 0 Å². The highest BCUT2D eigenvalue weighted by Crippen LogP contribution is 2.42. The minimum absolute atomic E-state index is 0.0163. The summed E-state index contributed by atoms with van der Waals surface area (Å²) in [7, 11) is 0. The van der Waals surface area contributed by atoms with Crippen molar-refractivity contribution in [2.75, 3.05) is 23.7 Å². The predicted octanol–water partition coefficient (Wildman–Crippen LogP) is 6.65. The van der Waals surface area contributed by atoms with Gasteiger partial charge in [0.2, 0.25) is 5.91 Å². The molecule has 1 fully saturated rings. The second-order valence-corrected chi connectivity index (χ2v) is 17.0. The lowest BCUT2D eigenvalue weighted by atomic mass is 9.86. The Kier molecular flexibility index (Phi) is 9.24. The summed E-state index contributed by atoms with van der Waals surface area (Å²) in [5.74, 6) is 0.990. The van der Waals surface area contributed by atoms with Crippen LogP contribution < -0.4 is 10.6 Å². The molecule has 0 aromatic carbocycles. The number of nitrogens with zero attached hydrogens (tertiary/aromatic N) is 9. The van der Waals surface area contributed by atoms with Gasteiger partial charge in [0.15, 0.2) is 0 Å². The van der Waals surface area contributed by atoms with Gasteiger partial charge in [0.05, 0.1) is 27.7 Å². The number of Topliss-reactive ketones (excluding diaryl/α,β-unsaturated/α-hetero) is 1. The third-order valence-corrected chi connectivity index (χ3v) is 13.7. The predicted molar refractivity (Wildman–Crippen MR) is 221 cm³/mol. The summed E-state index contributed by atoms with van der Waals surface area (Å²) in [5, 5.41) is 26.7. The zero-order valence-electron chi connectivity index (χ0n) is 31.2. The molecule has 292 valence electrons. The van der Waals surface area contributed by atoms with E-state index in [1.165, 1.54) is 16.0 Å². The molecule has 2 atom stereocenters. The Morgan fingerprint density at radius 3 is 1.74 bits per heavy atom.